The Balaban J connectivity index is 1.88. The first-order chi connectivity index (χ1) is 10.6. The highest BCUT2D eigenvalue weighted by Gasteiger charge is 2.50. The molecule has 0 atom stereocenters. The molecule has 0 amide bonds. The number of anilines is 1. The van der Waals surface area contributed by atoms with E-state index in [1.807, 2.05) is 6.92 Å². The van der Waals surface area contributed by atoms with E-state index in [9.17, 15) is 21.6 Å². The van der Waals surface area contributed by atoms with E-state index in [1.54, 1.807) is 13.0 Å². The molecule has 2 rings (SSSR count). The fourth-order valence-corrected chi connectivity index (χ4v) is 3.54. The number of halogens is 3. The number of alkyl halides is 3. The lowest BCUT2D eigenvalue weighted by atomic mass is 9.98. The Morgan fingerprint density at radius 3 is 2.39 bits per heavy atom. The zero-order valence-electron chi connectivity index (χ0n) is 12.9. The number of nitrogens with zero attached hydrogens (tertiary/aromatic N) is 3. The SMILES string of the molecule is Cc1cc(NCC2CCN(S(=O)(=O)C(F)(F)F)CC2)nc(C)n1. The van der Waals surface area contributed by atoms with E-state index in [2.05, 4.69) is 15.3 Å². The number of nitrogens with one attached hydrogen (secondary N) is 1. The highest BCUT2D eigenvalue weighted by atomic mass is 32.2. The Kier molecular flexibility index (Phi) is 5.14. The zero-order chi connectivity index (χ0) is 17.3. The first-order valence-corrected chi connectivity index (χ1v) is 8.66. The third-order valence-corrected chi connectivity index (χ3v) is 5.37. The molecule has 0 aromatic carbocycles. The Labute approximate surface area is 133 Å². The van der Waals surface area contributed by atoms with Crippen LogP contribution in [-0.4, -0.2) is 47.8 Å². The van der Waals surface area contributed by atoms with Gasteiger partial charge in [-0.15, -0.1) is 0 Å². The molecule has 6 nitrogen and oxygen atoms in total. The standard InChI is InChI=1S/C13H19F3N4O2S/c1-9-7-12(19-10(2)18-9)17-8-11-3-5-20(6-4-11)23(21,22)13(14,15)16/h7,11H,3-6,8H2,1-2H3,(H,17,18,19). The topological polar surface area (TPSA) is 75.2 Å². The number of sulfonamides is 1. The van der Waals surface area contributed by atoms with Gasteiger partial charge in [-0.25, -0.2) is 18.4 Å². The van der Waals surface area contributed by atoms with E-state index < -0.39 is 15.5 Å². The van der Waals surface area contributed by atoms with Crippen LogP contribution in [0.4, 0.5) is 19.0 Å². The molecule has 130 valence electrons. The van der Waals surface area contributed by atoms with Gasteiger partial charge in [-0.3, -0.25) is 0 Å². The molecule has 1 N–H and O–H groups in total. The summed E-state index contributed by atoms with van der Waals surface area (Å²) in [7, 11) is -5.21. The third kappa shape index (κ3) is 4.31. The minimum atomic E-state index is -5.23. The smallest absolute Gasteiger partial charge is 0.370 e. The van der Waals surface area contributed by atoms with Crippen molar-refractivity contribution in [3.05, 3.63) is 17.6 Å². The molecule has 0 saturated carbocycles. The van der Waals surface area contributed by atoms with Gasteiger partial charge in [-0.1, -0.05) is 0 Å². The van der Waals surface area contributed by atoms with Crippen molar-refractivity contribution in [1.82, 2.24) is 14.3 Å². The van der Waals surface area contributed by atoms with Crippen LogP contribution in [0.2, 0.25) is 0 Å². The number of hydrogen-bond donors (Lipinski definition) is 1. The molecule has 0 unspecified atom stereocenters. The van der Waals surface area contributed by atoms with Crippen LogP contribution in [0.1, 0.15) is 24.4 Å². The Morgan fingerprint density at radius 2 is 1.87 bits per heavy atom. The first-order valence-electron chi connectivity index (χ1n) is 7.22. The van der Waals surface area contributed by atoms with Crippen molar-refractivity contribution in [2.45, 2.75) is 32.2 Å². The molecule has 2 heterocycles. The van der Waals surface area contributed by atoms with Crippen LogP contribution in [0.25, 0.3) is 0 Å². The molecule has 0 bridgehead atoms. The van der Waals surface area contributed by atoms with E-state index in [4.69, 9.17) is 0 Å². The van der Waals surface area contributed by atoms with E-state index in [0.717, 1.165) is 5.69 Å². The summed E-state index contributed by atoms with van der Waals surface area (Å²) in [6.07, 6.45) is 0.761. The van der Waals surface area contributed by atoms with Crippen molar-refractivity contribution < 1.29 is 21.6 Å². The number of rotatable bonds is 4. The summed E-state index contributed by atoms with van der Waals surface area (Å²) in [5, 5.41) is 3.14. The predicted octanol–water partition coefficient (Wildman–Crippen LogP) is 2.07. The lowest BCUT2D eigenvalue weighted by Crippen LogP contribution is -2.45. The van der Waals surface area contributed by atoms with Gasteiger partial charge < -0.3 is 5.32 Å². The third-order valence-electron chi connectivity index (χ3n) is 3.74. The predicted molar refractivity (Wildman–Crippen MR) is 79.3 cm³/mol. The van der Waals surface area contributed by atoms with Crippen LogP contribution in [0, 0.1) is 19.8 Å². The molecule has 0 aliphatic carbocycles. The molecule has 1 aliphatic heterocycles. The van der Waals surface area contributed by atoms with Crippen LogP contribution < -0.4 is 5.32 Å². The van der Waals surface area contributed by atoms with Gasteiger partial charge in [-0.05, 0) is 32.6 Å². The van der Waals surface area contributed by atoms with Crippen molar-refractivity contribution in [1.29, 1.82) is 0 Å². The molecular weight excluding hydrogens is 333 g/mol. The Bertz CT molecular complexity index is 635. The highest BCUT2D eigenvalue weighted by molar-refractivity contribution is 7.90. The second-order valence-corrected chi connectivity index (χ2v) is 7.55. The molecule has 10 heteroatoms. The number of hydrogen-bond acceptors (Lipinski definition) is 5. The van der Waals surface area contributed by atoms with Gasteiger partial charge in [0.2, 0.25) is 0 Å². The van der Waals surface area contributed by atoms with Gasteiger partial charge in [0.25, 0.3) is 0 Å². The Morgan fingerprint density at radius 1 is 1.26 bits per heavy atom. The molecule has 1 saturated heterocycles. The normalized spacial score (nSPS) is 18.1. The van der Waals surface area contributed by atoms with Crippen molar-refractivity contribution in [2.75, 3.05) is 25.0 Å². The fraction of sp³-hybridized carbons (Fsp3) is 0.692. The molecule has 0 spiro atoms. The molecule has 1 fully saturated rings. The van der Waals surface area contributed by atoms with E-state index in [0.29, 0.717) is 35.3 Å². The van der Waals surface area contributed by atoms with Crippen molar-refractivity contribution in [3.63, 3.8) is 0 Å². The molecule has 1 aliphatic rings. The monoisotopic (exact) mass is 352 g/mol. The first kappa shape index (κ1) is 17.9. The van der Waals surface area contributed by atoms with Gasteiger partial charge in [0.15, 0.2) is 0 Å². The minimum Gasteiger partial charge on any atom is -0.370 e. The maximum absolute atomic E-state index is 12.5. The van der Waals surface area contributed by atoms with E-state index in [-0.39, 0.29) is 19.0 Å². The molecular formula is C13H19F3N4O2S. The summed E-state index contributed by atoms with van der Waals surface area (Å²) in [5.74, 6) is 1.41. The lowest BCUT2D eigenvalue weighted by molar-refractivity contribution is -0.0496. The van der Waals surface area contributed by atoms with E-state index in [1.165, 1.54) is 0 Å². The summed E-state index contributed by atoms with van der Waals surface area (Å²) in [5.41, 5.74) is -4.40. The second kappa shape index (κ2) is 6.60. The maximum atomic E-state index is 12.5. The van der Waals surface area contributed by atoms with Gasteiger partial charge in [0.05, 0.1) is 0 Å². The molecule has 0 radical (unpaired) electrons. The second-order valence-electron chi connectivity index (χ2n) is 5.62. The van der Waals surface area contributed by atoms with Gasteiger partial charge in [-0.2, -0.15) is 17.5 Å². The van der Waals surface area contributed by atoms with Crippen LogP contribution in [0.3, 0.4) is 0 Å². The molecule has 23 heavy (non-hydrogen) atoms. The van der Waals surface area contributed by atoms with Gasteiger partial charge in [0, 0.05) is 31.4 Å². The zero-order valence-corrected chi connectivity index (χ0v) is 13.7. The number of piperidine rings is 1. The largest absolute Gasteiger partial charge is 0.511 e. The minimum absolute atomic E-state index is 0.102. The average molecular weight is 352 g/mol. The number of aromatic nitrogens is 2. The fourth-order valence-electron chi connectivity index (χ4n) is 2.56. The maximum Gasteiger partial charge on any atom is 0.511 e. The summed E-state index contributed by atoms with van der Waals surface area (Å²) >= 11 is 0. The van der Waals surface area contributed by atoms with Crippen LogP contribution in [0.5, 0.6) is 0 Å². The van der Waals surface area contributed by atoms with E-state index >= 15 is 0 Å². The average Bonchev–Trinajstić information content (AvgIpc) is 2.43. The van der Waals surface area contributed by atoms with Crippen molar-refractivity contribution >= 4 is 15.8 Å². The van der Waals surface area contributed by atoms with Crippen LogP contribution in [0.15, 0.2) is 6.07 Å². The van der Waals surface area contributed by atoms with Gasteiger partial charge >= 0.3 is 15.5 Å². The highest BCUT2D eigenvalue weighted by Crippen LogP contribution is 2.30. The van der Waals surface area contributed by atoms with Crippen LogP contribution >= 0.6 is 0 Å². The van der Waals surface area contributed by atoms with Crippen molar-refractivity contribution in [3.8, 4) is 0 Å². The quantitative estimate of drug-likeness (QED) is 0.898. The van der Waals surface area contributed by atoms with Crippen LogP contribution in [-0.2, 0) is 10.0 Å². The summed E-state index contributed by atoms with van der Waals surface area (Å²) in [4.78, 5) is 8.39. The molecule has 1 aromatic heterocycles. The summed E-state index contributed by atoms with van der Waals surface area (Å²) in [6, 6.07) is 1.79. The van der Waals surface area contributed by atoms with Crippen molar-refractivity contribution in [2.24, 2.45) is 5.92 Å². The summed E-state index contributed by atoms with van der Waals surface area (Å²) in [6.45, 7) is 3.93. The summed E-state index contributed by atoms with van der Waals surface area (Å²) < 4.78 is 60.7. The molecule has 1 aromatic rings. The van der Waals surface area contributed by atoms with Gasteiger partial charge in [0.1, 0.15) is 11.6 Å². The lowest BCUT2D eigenvalue weighted by Gasteiger charge is -2.31. The number of aryl methyl sites for hydroxylation is 2. The Hall–Kier alpha value is -1.42.